The van der Waals surface area contributed by atoms with Crippen molar-refractivity contribution in [2.75, 3.05) is 25.0 Å². The molecule has 0 aliphatic heterocycles. The van der Waals surface area contributed by atoms with Crippen LogP contribution in [0.4, 0.5) is 5.82 Å². The molecule has 112 valence electrons. The van der Waals surface area contributed by atoms with Gasteiger partial charge in [-0.25, -0.2) is 4.98 Å². The fourth-order valence-electron chi connectivity index (χ4n) is 3.02. The number of aromatic nitrogens is 1. The maximum absolute atomic E-state index is 4.91. The molecule has 0 radical (unpaired) electrons. The second-order valence-electron chi connectivity index (χ2n) is 6.12. The molecule has 0 saturated heterocycles. The zero-order valence-electron chi connectivity index (χ0n) is 13.1. The Bertz CT molecular complexity index is 604. The number of anilines is 1. The Morgan fingerprint density at radius 3 is 2.81 bits per heavy atom. The molecule has 21 heavy (non-hydrogen) atoms. The molecule has 0 amide bonds. The van der Waals surface area contributed by atoms with Crippen molar-refractivity contribution in [2.24, 2.45) is 5.92 Å². The highest BCUT2D eigenvalue weighted by atomic mass is 15.2. The third kappa shape index (κ3) is 3.18. The largest absolute Gasteiger partial charge is 0.359 e. The lowest BCUT2D eigenvalue weighted by atomic mass is 9.85. The SMILES string of the molecule is CCNCc1cc2ccccc2c(N(C)CC2CCC2)n1. The third-order valence-corrected chi connectivity index (χ3v) is 4.45. The van der Waals surface area contributed by atoms with E-state index in [0.717, 1.165) is 37.1 Å². The molecule has 1 aliphatic rings. The van der Waals surface area contributed by atoms with Crippen molar-refractivity contribution in [1.82, 2.24) is 10.3 Å². The van der Waals surface area contributed by atoms with Crippen LogP contribution in [0.2, 0.25) is 0 Å². The summed E-state index contributed by atoms with van der Waals surface area (Å²) in [6.07, 6.45) is 4.14. The van der Waals surface area contributed by atoms with Crippen molar-refractivity contribution in [2.45, 2.75) is 32.7 Å². The minimum Gasteiger partial charge on any atom is -0.359 e. The molecule has 1 aromatic heterocycles. The lowest BCUT2D eigenvalue weighted by molar-refractivity contribution is 0.321. The Morgan fingerprint density at radius 1 is 1.29 bits per heavy atom. The second kappa shape index (κ2) is 6.44. The number of hydrogen-bond acceptors (Lipinski definition) is 3. The number of hydrogen-bond donors (Lipinski definition) is 1. The molecule has 1 heterocycles. The Morgan fingerprint density at radius 2 is 2.10 bits per heavy atom. The van der Waals surface area contributed by atoms with Crippen molar-refractivity contribution < 1.29 is 0 Å². The van der Waals surface area contributed by atoms with Gasteiger partial charge in [0.25, 0.3) is 0 Å². The van der Waals surface area contributed by atoms with Crippen LogP contribution < -0.4 is 10.2 Å². The fourth-order valence-corrected chi connectivity index (χ4v) is 3.02. The summed E-state index contributed by atoms with van der Waals surface area (Å²) in [4.78, 5) is 7.26. The molecule has 1 saturated carbocycles. The molecule has 3 heteroatoms. The summed E-state index contributed by atoms with van der Waals surface area (Å²) in [6, 6.07) is 10.8. The first-order valence-electron chi connectivity index (χ1n) is 8.08. The Hall–Kier alpha value is -1.61. The van der Waals surface area contributed by atoms with Gasteiger partial charge in [-0.2, -0.15) is 0 Å². The van der Waals surface area contributed by atoms with Gasteiger partial charge in [0, 0.05) is 25.5 Å². The minimum atomic E-state index is 0.839. The first-order valence-corrected chi connectivity index (χ1v) is 8.08. The summed E-state index contributed by atoms with van der Waals surface area (Å²) in [5.74, 6) is 1.99. The summed E-state index contributed by atoms with van der Waals surface area (Å²) in [5, 5.41) is 5.93. The lowest BCUT2D eigenvalue weighted by Crippen LogP contribution is -2.30. The average molecular weight is 283 g/mol. The van der Waals surface area contributed by atoms with Crippen molar-refractivity contribution in [3.8, 4) is 0 Å². The fraction of sp³-hybridized carbons (Fsp3) is 0.500. The Kier molecular flexibility index (Phi) is 4.39. The molecule has 1 aliphatic carbocycles. The van der Waals surface area contributed by atoms with Crippen LogP contribution in [0.1, 0.15) is 31.9 Å². The Balaban J connectivity index is 1.92. The van der Waals surface area contributed by atoms with E-state index in [1.807, 2.05) is 0 Å². The van der Waals surface area contributed by atoms with Gasteiger partial charge in [0.2, 0.25) is 0 Å². The van der Waals surface area contributed by atoms with E-state index in [1.165, 1.54) is 30.0 Å². The number of nitrogens with one attached hydrogen (secondary N) is 1. The van der Waals surface area contributed by atoms with Gasteiger partial charge in [-0.15, -0.1) is 0 Å². The molecule has 0 bridgehead atoms. The van der Waals surface area contributed by atoms with Crippen LogP contribution in [0.3, 0.4) is 0 Å². The first kappa shape index (κ1) is 14.3. The van der Waals surface area contributed by atoms with Gasteiger partial charge in [0.1, 0.15) is 5.82 Å². The van der Waals surface area contributed by atoms with E-state index in [-0.39, 0.29) is 0 Å². The molecule has 3 nitrogen and oxygen atoms in total. The number of rotatable bonds is 6. The first-order chi connectivity index (χ1) is 10.3. The third-order valence-electron chi connectivity index (χ3n) is 4.45. The summed E-state index contributed by atoms with van der Waals surface area (Å²) in [5.41, 5.74) is 1.13. The Labute approximate surface area is 127 Å². The molecule has 0 spiro atoms. The number of nitrogens with zero attached hydrogens (tertiary/aromatic N) is 2. The van der Waals surface area contributed by atoms with E-state index in [0.29, 0.717) is 0 Å². The van der Waals surface area contributed by atoms with Gasteiger partial charge in [0.05, 0.1) is 5.69 Å². The summed E-state index contributed by atoms with van der Waals surface area (Å²) >= 11 is 0. The zero-order chi connectivity index (χ0) is 14.7. The topological polar surface area (TPSA) is 28.2 Å². The van der Waals surface area contributed by atoms with Crippen LogP contribution in [-0.4, -0.2) is 25.1 Å². The minimum absolute atomic E-state index is 0.839. The van der Waals surface area contributed by atoms with Gasteiger partial charge in [-0.3, -0.25) is 0 Å². The van der Waals surface area contributed by atoms with E-state index in [4.69, 9.17) is 4.98 Å². The van der Waals surface area contributed by atoms with Gasteiger partial charge in [-0.05, 0) is 36.8 Å². The monoisotopic (exact) mass is 283 g/mol. The van der Waals surface area contributed by atoms with Crippen molar-refractivity contribution >= 4 is 16.6 Å². The molecule has 1 aromatic carbocycles. The molecular formula is C18H25N3. The van der Waals surface area contributed by atoms with Gasteiger partial charge >= 0.3 is 0 Å². The molecule has 2 aromatic rings. The molecular weight excluding hydrogens is 258 g/mol. The molecule has 0 atom stereocenters. The number of benzene rings is 1. The van der Waals surface area contributed by atoms with Crippen molar-refractivity contribution in [3.63, 3.8) is 0 Å². The molecule has 3 rings (SSSR count). The predicted octanol–water partition coefficient (Wildman–Crippen LogP) is 3.58. The predicted molar refractivity (Wildman–Crippen MR) is 89.7 cm³/mol. The van der Waals surface area contributed by atoms with Crippen LogP contribution in [0.15, 0.2) is 30.3 Å². The average Bonchev–Trinajstić information content (AvgIpc) is 2.47. The smallest absolute Gasteiger partial charge is 0.136 e. The van der Waals surface area contributed by atoms with Crippen LogP contribution in [0.25, 0.3) is 10.8 Å². The highest BCUT2D eigenvalue weighted by Gasteiger charge is 2.20. The van der Waals surface area contributed by atoms with Crippen molar-refractivity contribution in [1.29, 1.82) is 0 Å². The maximum Gasteiger partial charge on any atom is 0.136 e. The highest BCUT2D eigenvalue weighted by Crippen LogP contribution is 2.30. The van der Waals surface area contributed by atoms with Gasteiger partial charge in [-0.1, -0.05) is 37.6 Å². The van der Waals surface area contributed by atoms with E-state index in [1.54, 1.807) is 0 Å². The van der Waals surface area contributed by atoms with Crippen LogP contribution >= 0.6 is 0 Å². The van der Waals surface area contributed by atoms with Crippen LogP contribution in [0, 0.1) is 5.92 Å². The quantitative estimate of drug-likeness (QED) is 0.878. The summed E-state index contributed by atoms with van der Waals surface area (Å²) < 4.78 is 0. The maximum atomic E-state index is 4.91. The highest BCUT2D eigenvalue weighted by molar-refractivity contribution is 5.92. The molecule has 1 N–H and O–H groups in total. The normalized spacial score (nSPS) is 15.1. The zero-order valence-corrected chi connectivity index (χ0v) is 13.1. The number of fused-ring (bicyclic) bond motifs is 1. The van der Waals surface area contributed by atoms with E-state index in [9.17, 15) is 0 Å². The van der Waals surface area contributed by atoms with Gasteiger partial charge in [0.15, 0.2) is 0 Å². The van der Waals surface area contributed by atoms with Crippen molar-refractivity contribution in [3.05, 3.63) is 36.0 Å². The molecule has 1 fully saturated rings. The van der Waals surface area contributed by atoms with Gasteiger partial charge < -0.3 is 10.2 Å². The number of pyridine rings is 1. The van der Waals surface area contributed by atoms with E-state index < -0.39 is 0 Å². The van der Waals surface area contributed by atoms with E-state index in [2.05, 4.69) is 54.5 Å². The lowest BCUT2D eigenvalue weighted by Gasteiger charge is -2.31. The second-order valence-corrected chi connectivity index (χ2v) is 6.12. The molecule has 0 unspecified atom stereocenters. The summed E-state index contributed by atoms with van der Waals surface area (Å²) in [6.45, 7) is 5.07. The van der Waals surface area contributed by atoms with E-state index >= 15 is 0 Å². The van der Waals surface area contributed by atoms with Crippen LogP contribution in [0.5, 0.6) is 0 Å². The standard InChI is InChI=1S/C18H25N3/c1-3-19-12-16-11-15-9-4-5-10-17(15)18(20-16)21(2)13-14-7-6-8-14/h4-5,9-11,14,19H,3,6-8,12-13H2,1-2H3. The summed E-state index contributed by atoms with van der Waals surface area (Å²) in [7, 11) is 2.18. The van der Waals surface area contributed by atoms with Crippen LogP contribution in [-0.2, 0) is 6.54 Å².